The Morgan fingerprint density at radius 2 is 2.12 bits per heavy atom. The Hall–Kier alpha value is -1.79. The fourth-order valence-corrected chi connectivity index (χ4v) is 3.76. The van der Waals surface area contributed by atoms with Crippen LogP contribution in [0.1, 0.15) is 48.5 Å². The van der Waals surface area contributed by atoms with E-state index in [9.17, 15) is 9.59 Å². The van der Waals surface area contributed by atoms with Gasteiger partial charge in [0.2, 0.25) is 0 Å². The smallest absolute Gasteiger partial charge is 0.342 e. The maximum Gasteiger partial charge on any atom is 0.342 e. The number of halogens is 1. The van der Waals surface area contributed by atoms with E-state index >= 15 is 0 Å². The number of fused-ring (bicyclic) bond motifs is 1. The monoisotopic (exact) mass is 380 g/mol. The first-order valence-electron chi connectivity index (χ1n) is 9.12. The lowest BCUT2D eigenvalue weighted by atomic mass is 10.0. The fourth-order valence-electron chi connectivity index (χ4n) is 3.54. The second-order valence-electron chi connectivity index (χ2n) is 6.98. The minimum absolute atomic E-state index is 0.111. The van der Waals surface area contributed by atoms with Gasteiger partial charge in [-0.15, -0.1) is 0 Å². The normalized spacial score (nSPS) is 17.6. The predicted molar refractivity (Wildman–Crippen MR) is 99.9 cm³/mol. The molecule has 0 aromatic heterocycles. The van der Waals surface area contributed by atoms with Crippen LogP contribution in [0.3, 0.4) is 0 Å². The fraction of sp³-hybridized carbons (Fsp3) is 0.579. The van der Waals surface area contributed by atoms with Gasteiger partial charge in [0.05, 0.1) is 17.3 Å². The van der Waals surface area contributed by atoms with Gasteiger partial charge in [-0.05, 0) is 38.8 Å². The summed E-state index contributed by atoms with van der Waals surface area (Å²) in [6.45, 7) is 4.77. The van der Waals surface area contributed by atoms with Gasteiger partial charge in [-0.3, -0.25) is 0 Å². The van der Waals surface area contributed by atoms with Crippen LogP contribution in [-0.2, 0) is 16.0 Å². The van der Waals surface area contributed by atoms with Crippen molar-refractivity contribution in [3.63, 3.8) is 0 Å². The van der Waals surface area contributed by atoms with E-state index in [1.165, 1.54) is 0 Å². The van der Waals surface area contributed by atoms with E-state index in [4.69, 9.17) is 26.8 Å². The van der Waals surface area contributed by atoms with Gasteiger partial charge >= 0.3 is 5.97 Å². The van der Waals surface area contributed by atoms with E-state index in [0.29, 0.717) is 41.5 Å². The molecule has 0 radical (unpaired) electrons. The van der Waals surface area contributed by atoms with Gasteiger partial charge in [0.15, 0.2) is 0 Å². The number of anilines is 1. The Balaban J connectivity index is 1.55. The third kappa shape index (κ3) is 4.30. The van der Waals surface area contributed by atoms with E-state index in [2.05, 4.69) is 4.90 Å². The lowest BCUT2D eigenvalue weighted by molar-refractivity contribution is -0.117. The zero-order chi connectivity index (χ0) is 18.7. The highest BCUT2D eigenvalue weighted by atomic mass is 35.5. The van der Waals surface area contributed by atoms with Crippen molar-refractivity contribution in [2.45, 2.75) is 45.1 Å². The van der Waals surface area contributed by atoms with E-state index in [1.54, 1.807) is 13.0 Å². The number of ketones is 1. The van der Waals surface area contributed by atoms with Crippen LogP contribution >= 0.6 is 11.6 Å². The number of likely N-dealkylation sites (tertiary alicyclic amines) is 1. The summed E-state index contributed by atoms with van der Waals surface area (Å²) in [5, 5.41) is 0.362. The standard InChI is InChI=1S/C19H25ClN2O4/c1-12(23)3-2-7-22-8-4-13(5-9-22)26-19(24)15-11-16(20)17(21)14-6-10-25-18(14)15/h11,13H,2-10,21H2,1H3. The number of hydrogen-bond acceptors (Lipinski definition) is 6. The number of rotatable bonds is 6. The number of nitrogens with zero attached hydrogens (tertiary/aromatic N) is 1. The third-order valence-electron chi connectivity index (χ3n) is 5.00. The second-order valence-corrected chi connectivity index (χ2v) is 7.38. The van der Waals surface area contributed by atoms with Gasteiger partial charge in [0.25, 0.3) is 0 Å². The van der Waals surface area contributed by atoms with Gasteiger partial charge in [-0.25, -0.2) is 4.79 Å². The predicted octanol–water partition coefficient (Wildman–Crippen LogP) is 2.85. The number of Topliss-reactive ketones (excluding diaryl/α,β-unsaturated/α-hetero) is 1. The Labute approximate surface area is 158 Å². The molecule has 2 heterocycles. The van der Waals surface area contributed by atoms with Crippen molar-refractivity contribution >= 4 is 29.0 Å². The molecule has 0 amide bonds. The average Bonchev–Trinajstić information content (AvgIpc) is 3.09. The minimum Gasteiger partial charge on any atom is -0.492 e. The first-order valence-corrected chi connectivity index (χ1v) is 9.50. The average molecular weight is 381 g/mol. The molecule has 2 N–H and O–H groups in total. The van der Waals surface area contributed by atoms with Crippen LogP contribution in [-0.4, -0.2) is 49.0 Å². The molecule has 0 aliphatic carbocycles. The summed E-state index contributed by atoms with van der Waals surface area (Å²) in [7, 11) is 0. The van der Waals surface area contributed by atoms with Gasteiger partial charge in [0, 0.05) is 31.5 Å². The summed E-state index contributed by atoms with van der Waals surface area (Å²) in [5.74, 6) is 0.337. The Morgan fingerprint density at radius 1 is 1.38 bits per heavy atom. The van der Waals surface area contributed by atoms with E-state index in [-0.39, 0.29) is 11.9 Å². The van der Waals surface area contributed by atoms with Crippen LogP contribution in [0.5, 0.6) is 5.75 Å². The van der Waals surface area contributed by atoms with Crippen molar-refractivity contribution in [2.75, 3.05) is 32.0 Å². The molecule has 0 saturated carbocycles. The molecule has 3 rings (SSSR count). The molecule has 7 heteroatoms. The summed E-state index contributed by atoms with van der Waals surface area (Å²) in [6.07, 6.45) is 3.63. The van der Waals surface area contributed by atoms with Crippen LogP contribution in [0.4, 0.5) is 5.69 Å². The second kappa shape index (κ2) is 8.27. The first kappa shape index (κ1) is 19.0. The molecule has 26 heavy (non-hydrogen) atoms. The van der Waals surface area contributed by atoms with Gasteiger partial charge in [-0.2, -0.15) is 0 Å². The van der Waals surface area contributed by atoms with Crippen molar-refractivity contribution in [3.05, 3.63) is 22.2 Å². The van der Waals surface area contributed by atoms with Crippen molar-refractivity contribution in [2.24, 2.45) is 0 Å². The van der Waals surface area contributed by atoms with Crippen LogP contribution in [0.2, 0.25) is 5.02 Å². The number of piperidine rings is 1. The number of carbonyl (C=O) groups is 2. The molecule has 6 nitrogen and oxygen atoms in total. The van der Waals surface area contributed by atoms with Crippen LogP contribution < -0.4 is 10.5 Å². The highest BCUT2D eigenvalue weighted by Crippen LogP contribution is 2.39. The molecular formula is C19H25ClN2O4. The van der Waals surface area contributed by atoms with Crippen molar-refractivity contribution in [1.29, 1.82) is 0 Å². The molecular weight excluding hydrogens is 356 g/mol. The highest BCUT2D eigenvalue weighted by molar-refractivity contribution is 6.33. The van der Waals surface area contributed by atoms with E-state index < -0.39 is 5.97 Å². The molecule has 2 aliphatic rings. The van der Waals surface area contributed by atoms with Crippen LogP contribution in [0.15, 0.2) is 6.07 Å². The summed E-state index contributed by atoms with van der Waals surface area (Å²) < 4.78 is 11.3. The molecule has 0 atom stereocenters. The minimum atomic E-state index is -0.403. The van der Waals surface area contributed by atoms with Crippen molar-refractivity contribution in [1.82, 2.24) is 4.90 Å². The zero-order valence-electron chi connectivity index (χ0n) is 15.1. The Morgan fingerprint density at radius 3 is 2.81 bits per heavy atom. The number of esters is 1. The molecule has 0 unspecified atom stereocenters. The summed E-state index contributed by atoms with van der Waals surface area (Å²) in [4.78, 5) is 25.9. The number of nitrogen functional groups attached to an aromatic ring is 1. The molecule has 1 aromatic rings. The van der Waals surface area contributed by atoms with Crippen LogP contribution in [0.25, 0.3) is 0 Å². The maximum atomic E-state index is 12.6. The number of benzene rings is 1. The SMILES string of the molecule is CC(=O)CCCN1CCC(OC(=O)c2cc(Cl)c(N)c3c2OCC3)CC1. The topological polar surface area (TPSA) is 81.9 Å². The van der Waals surface area contributed by atoms with E-state index in [0.717, 1.165) is 44.5 Å². The van der Waals surface area contributed by atoms with Gasteiger partial charge in [0.1, 0.15) is 23.2 Å². The summed E-state index contributed by atoms with van der Waals surface area (Å²) >= 11 is 6.16. The van der Waals surface area contributed by atoms with Gasteiger partial charge in [-0.1, -0.05) is 11.6 Å². The molecule has 1 saturated heterocycles. The molecule has 0 spiro atoms. The number of carbonyl (C=O) groups excluding carboxylic acids is 2. The summed E-state index contributed by atoms with van der Waals surface area (Å²) in [5.41, 5.74) is 7.61. The molecule has 1 aromatic carbocycles. The molecule has 1 fully saturated rings. The Kier molecular flexibility index (Phi) is 6.04. The number of nitrogens with two attached hydrogens (primary N) is 1. The van der Waals surface area contributed by atoms with Crippen LogP contribution in [0, 0.1) is 0 Å². The zero-order valence-corrected chi connectivity index (χ0v) is 15.8. The van der Waals surface area contributed by atoms with E-state index in [1.807, 2.05) is 0 Å². The maximum absolute atomic E-state index is 12.6. The molecule has 142 valence electrons. The summed E-state index contributed by atoms with van der Waals surface area (Å²) in [6, 6.07) is 1.54. The molecule has 2 aliphatic heterocycles. The van der Waals surface area contributed by atoms with Crippen molar-refractivity contribution < 1.29 is 19.1 Å². The molecule has 0 bridgehead atoms. The largest absolute Gasteiger partial charge is 0.492 e. The highest BCUT2D eigenvalue weighted by Gasteiger charge is 2.29. The quantitative estimate of drug-likeness (QED) is 0.603. The third-order valence-corrected chi connectivity index (χ3v) is 5.31. The first-order chi connectivity index (χ1) is 12.5. The lowest BCUT2D eigenvalue weighted by Crippen LogP contribution is -2.38. The number of ether oxygens (including phenoxy) is 2. The van der Waals surface area contributed by atoms with Crippen molar-refractivity contribution in [3.8, 4) is 5.75 Å². The Bertz CT molecular complexity index is 699. The van der Waals surface area contributed by atoms with Gasteiger partial charge < -0.3 is 24.9 Å². The number of hydrogen-bond donors (Lipinski definition) is 1. The lowest BCUT2D eigenvalue weighted by Gasteiger charge is -2.31.